The fourth-order valence-corrected chi connectivity index (χ4v) is 1.55. The highest BCUT2D eigenvalue weighted by Crippen LogP contribution is 2.19. The number of alkyl halides is 1. The molecular formula is C10H19FN2. The van der Waals surface area contributed by atoms with Gasteiger partial charge in [0.15, 0.2) is 0 Å². The second-order valence-electron chi connectivity index (χ2n) is 3.87. The van der Waals surface area contributed by atoms with Gasteiger partial charge in [0.2, 0.25) is 0 Å². The van der Waals surface area contributed by atoms with Crippen molar-refractivity contribution < 1.29 is 4.39 Å². The lowest BCUT2D eigenvalue weighted by molar-refractivity contribution is 0.272. The monoisotopic (exact) mass is 186 g/mol. The van der Waals surface area contributed by atoms with Crippen molar-refractivity contribution in [3.63, 3.8) is 0 Å². The normalized spacial score (nSPS) is 31.6. The third-order valence-corrected chi connectivity index (χ3v) is 2.71. The second-order valence-corrected chi connectivity index (χ2v) is 3.87. The fourth-order valence-electron chi connectivity index (χ4n) is 1.55. The number of hydrogen-bond acceptors (Lipinski definition) is 2. The van der Waals surface area contributed by atoms with E-state index in [1.165, 1.54) is 0 Å². The molecular weight excluding hydrogens is 167 g/mol. The van der Waals surface area contributed by atoms with Crippen LogP contribution in [0, 0.1) is 0 Å². The molecule has 2 nitrogen and oxygen atoms in total. The van der Waals surface area contributed by atoms with Gasteiger partial charge in [0, 0.05) is 24.3 Å². The van der Waals surface area contributed by atoms with Gasteiger partial charge < -0.3 is 5.32 Å². The predicted molar refractivity (Wildman–Crippen MR) is 53.3 cm³/mol. The zero-order valence-corrected chi connectivity index (χ0v) is 8.84. The highest BCUT2D eigenvalue weighted by molar-refractivity contribution is 5.18. The van der Waals surface area contributed by atoms with E-state index in [2.05, 4.69) is 37.2 Å². The number of hydrogen-bond donors (Lipinski definition) is 1. The molecule has 1 unspecified atom stereocenters. The van der Waals surface area contributed by atoms with Crippen molar-refractivity contribution in [3.05, 3.63) is 11.8 Å². The van der Waals surface area contributed by atoms with Gasteiger partial charge in [-0.3, -0.25) is 4.90 Å². The van der Waals surface area contributed by atoms with Gasteiger partial charge in [0.1, 0.15) is 6.17 Å². The van der Waals surface area contributed by atoms with Gasteiger partial charge in [-0.1, -0.05) is 0 Å². The molecule has 0 amide bonds. The third-order valence-electron chi connectivity index (χ3n) is 2.71. The molecule has 3 atom stereocenters. The molecule has 1 heterocycles. The summed E-state index contributed by atoms with van der Waals surface area (Å²) in [5.74, 6) is 0. The summed E-state index contributed by atoms with van der Waals surface area (Å²) in [7, 11) is 2.08. The molecule has 3 heteroatoms. The van der Waals surface area contributed by atoms with Crippen LogP contribution in [0.2, 0.25) is 0 Å². The van der Waals surface area contributed by atoms with E-state index in [-0.39, 0.29) is 0 Å². The van der Waals surface area contributed by atoms with Crippen LogP contribution in [0.4, 0.5) is 4.39 Å². The first-order valence-electron chi connectivity index (χ1n) is 4.84. The van der Waals surface area contributed by atoms with E-state index >= 15 is 0 Å². The van der Waals surface area contributed by atoms with E-state index in [4.69, 9.17) is 0 Å². The Morgan fingerprint density at radius 1 is 1.62 bits per heavy atom. The molecule has 0 spiro atoms. The Morgan fingerprint density at radius 2 is 2.23 bits per heavy atom. The summed E-state index contributed by atoms with van der Waals surface area (Å²) in [4.78, 5) is 2.26. The molecule has 0 radical (unpaired) electrons. The average molecular weight is 186 g/mol. The summed E-state index contributed by atoms with van der Waals surface area (Å²) >= 11 is 0. The van der Waals surface area contributed by atoms with Crippen LogP contribution >= 0.6 is 0 Å². The van der Waals surface area contributed by atoms with Crippen molar-refractivity contribution in [2.24, 2.45) is 0 Å². The smallest absolute Gasteiger partial charge is 0.114 e. The molecule has 13 heavy (non-hydrogen) atoms. The molecule has 0 saturated carbocycles. The van der Waals surface area contributed by atoms with Crippen molar-refractivity contribution >= 4 is 0 Å². The Labute approximate surface area is 79.8 Å². The van der Waals surface area contributed by atoms with Crippen molar-refractivity contribution in [2.45, 2.75) is 39.0 Å². The Bertz CT molecular complexity index is 201. The van der Waals surface area contributed by atoms with E-state index in [1.54, 1.807) is 6.92 Å². The van der Waals surface area contributed by atoms with Gasteiger partial charge in [-0.2, -0.15) is 0 Å². The van der Waals surface area contributed by atoms with E-state index in [1.807, 2.05) is 0 Å². The van der Waals surface area contributed by atoms with Gasteiger partial charge in [-0.25, -0.2) is 4.39 Å². The lowest BCUT2D eigenvalue weighted by Crippen LogP contribution is -2.34. The first-order chi connectivity index (χ1) is 6.02. The predicted octanol–water partition coefficient (Wildman–Crippen LogP) is 1.54. The summed E-state index contributed by atoms with van der Waals surface area (Å²) in [5.41, 5.74) is 1.15. The van der Waals surface area contributed by atoms with Gasteiger partial charge in [-0.15, -0.1) is 0 Å². The topological polar surface area (TPSA) is 15.3 Å². The average Bonchev–Trinajstić information content (AvgIpc) is 2.29. The van der Waals surface area contributed by atoms with Crippen LogP contribution in [-0.4, -0.2) is 36.7 Å². The molecule has 1 N–H and O–H groups in total. The Balaban J connectivity index is 2.47. The van der Waals surface area contributed by atoms with Gasteiger partial charge >= 0.3 is 0 Å². The maximum Gasteiger partial charge on any atom is 0.114 e. The second kappa shape index (κ2) is 4.09. The highest BCUT2D eigenvalue weighted by Gasteiger charge is 2.25. The molecule has 0 fully saturated rings. The first kappa shape index (κ1) is 10.5. The summed E-state index contributed by atoms with van der Waals surface area (Å²) in [6, 6.07) is 0.834. The molecule has 0 aliphatic carbocycles. The van der Waals surface area contributed by atoms with Crippen LogP contribution in [0.3, 0.4) is 0 Å². The Hall–Kier alpha value is -0.570. The van der Waals surface area contributed by atoms with E-state index in [0.717, 1.165) is 5.70 Å². The van der Waals surface area contributed by atoms with Crippen molar-refractivity contribution in [3.8, 4) is 0 Å². The number of rotatable bonds is 3. The standard InChI is InChI=1S/C10H19FN2/c1-7(11)6-12-10-5-8(2)13(4)9(10)3/h5,7-9,12H,6H2,1-4H3/t7?,8-,9+/m1/s1. The fraction of sp³-hybridized carbons (Fsp3) is 0.800. The molecule has 1 aliphatic heterocycles. The molecule has 1 rings (SSSR count). The molecule has 0 aromatic rings. The lowest BCUT2D eigenvalue weighted by Gasteiger charge is -2.22. The third kappa shape index (κ3) is 2.44. The molecule has 0 aromatic heterocycles. The van der Waals surface area contributed by atoms with Crippen molar-refractivity contribution in [2.75, 3.05) is 13.6 Å². The quantitative estimate of drug-likeness (QED) is 0.719. The maximum atomic E-state index is 12.6. The molecule has 1 aliphatic rings. The minimum absolute atomic E-state index is 0.383. The van der Waals surface area contributed by atoms with Crippen LogP contribution in [0.1, 0.15) is 20.8 Å². The molecule has 76 valence electrons. The summed E-state index contributed by atoms with van der Waals surface area (Å²) in [5, 5.41) is 3.14. The van der Waals surface area contributed by atoms with Crippen LogP contribution < -0.4 is 5.32 Å². The molecule has 0 bridgehead atoms. The zero-order chi connectivity index (χ0) is 10.0. The summed E-state index contributed by atoms with van der Waals surface area (Å²) < 4.78 is 12.6. The van der Waals surface area contributed by atoms with E-state index in [0.29, 0.717) is 18.6 Å². The van der Waals surface area contributed by atoms with Gasteiger partial charge in [0.05, 0.1) is 0 Å². The van der Waals surface area contributed by atoms with Gasteiger partial charge in [-0.05, 0) is 33.9 Å². The summed E-state index contributed by atoms with van der Waals surface area (Å²) in [6.45, 7) is 6.26. The minimum atomic E-state index is -0.783. The maximum absolute atomic E-state index is 12.6. The van der Waals surface area contributed by atoms with Crippen LogP contribution in [0.15, 0.2) is 11.8 Å². The van der Waals surface area contributed by atoms with Crippen molar-refractivity contribution in [1.29, 1.82) is 0 Å². The zero-order valence-electron chi connectivity index (χ0n) is 8.84. The van der Waals surface area contributed by atoms with Crippen LogP contribution in [0.25, 0.3) is 0 Å². The van der Waals surface area contributed by atoms with E-state index in [9.17, 15) is 4.39 Å². The van der Waals surface area contributed by atoms with E-state index < -0.39 is 6.17 Å². The lowest BCUT2D eigenvalue weighted by atomic mass is 10.2. The van der Waals surface area contributed by atoms with Gasteiger partial charge in [0.25, 0.3) is 0 Å². The number of halogens is 1. The number of nitrogens with zero attached hydrogens (tertiary/aromatic N) is 1. The minimum Gasteiger partial charge on any atom is -0.384 e. The largest absolute Gasteiger partial charge is 0.384 e. The first-order valence-corrected chi connectivity index (χ1v) is 4.84. The summed E-state index contributed by atoms with van der Waals surface area (Å²) in [6.07, 6.45) is 1.38. The molecule has 0 saturated heterocycles. The van der Waals surface area contributed by atoms with Crippen LogP contribution in [-0.2, 0) is 0 Å². The van der Waals surface area contributed by atoms with Crippen LogP contribution in [0.5, 0.6) is 0 Å². The Kier molecular flexibility index (Phi) is 3.31. The SMILES string of the molecule is CC(F)CNC1=C[C@@H](C)N(C)[C@H]1C. The number of nitrogens with one attached hydrogen (secondary N) is 1. The molecule has 0 aromatic carbocycles. The van der Waals surface area contributed by atoms with Crippen molar-refractivity contribution in [1.82, 2.24) is 10.2 Å². The highest BCUT2D eigenvalue weighted by atomic mass is 19.1. The number of likely N-dealkylation sites (N-methyl/N-ethyl adjacent to an activating group) is 1. The Morgan fingerprint density at radius 3 is 2.62 bits per heavy atom.